The number of aryl methyl sites for hydroxylation is 1. The van der Waals surface area contributed by atoms with Gasteiger partial charge in [0.25, 0.3) is 0 Å². The normalized spacial score (nSPS) is 13.5. The highest BCUT2D eigenvalue weighted by atomic mass is 32.1. The Labute approximate surface area is 209 Å². The van der Waals surface area contributed by atoms with Crippen LogP contribution in [0.4, 0.5) is 5.00 Å². The first-order valence-corrected chi connectivity index (χ1v) is 12.5. The minimum Gasteiger partial charge on any atom is -0.496 e. The number of nitrogens with one attached hydrogen (secondary N) is 1. The molecule has 4 rings (SSSR count). The highest BCUT2D eigenvalue weighted by molar-refractivity contribution is 7.16. The summed E-state index contributed by atoms with van der Waals surface area (Å²) in [6.45, 7) is 3.02. The number of carbonyl (C=O) groups is 2. The molecule has 0 saturated carbocycles. The lowest BCUT2D eigenvalue weighted by atomic mass is 9.96. The van der Waals surface area contributed by atoms with Crippen LogP contribution >= 0.6 is 11.3 Å². The molecule has 0 fully saturated rings. The van der Waals surface area contributed by atoms with Crippen LogP contribution in [0, 0.1) is 11.3 Å². The van der Waals surface area contributed by atoms with Crippen molar-refractivity contribution in [1.82, 2.24) is 9.88 Å². The summed E-state index contributed by atoms with van der Waals surface area (Å²) in [6.07, 6.45) is 5.45. The number of benzene rings is 1. The van der Waals surface area contributed by atoms with Crippen molar-refractivity contribution >= 4 is 28.2 Å². The Bertz CT molecular complexity index is 1250. The second-order valence-corrected chi connectivity index (χ2v) is 9.75. The molecule has 1 aromatic carbocycles. The number of carbonyl (C=O) groups excluding carboxylic acids is 2. The summed E-state index contributed by atoms with van der Waals surface area (Å²) in [6, 6.07) is 13.8. The minimum absolute atomic E-state index is 0.0424. The number of amides is 2. The Hall–Kier alpha value is -3.70. The van der Waals surface area contributed by atoms with Crippen molar-refractivity contribution in [1.29, 1.82) is 5.26 Å². The Balaban J connectivity index is 1.40. The summed E-state index contributed by atoms with van der Waals surface area (Å²) in [5, 5.41) is 13.3. The average Bonchev–Trinajstić information content (AvgIpc) is 3.23. The van der Waals surface area contributed by atoms with Crippen LogP contribution in [0.1, 0.15) is 52.8 Å². The molecule has 0 bridgehead atoms. The van der Waals surface area contributed by atoms with E-state index in [2.05, 4.69) is 16.4 Å². The summed E-state index contributed by atoms with van der Waals surface area (Å²) in [5.74, 6) is 0.648. The first-order chi connectivity index (χ1) is 17.0. The van der Waals surface area contributed by atoms with E-state index in [1.165, 1.54) is 11.3 Å². The summed E-state index contributed by atoms with van der Waals surface area (Å²) < 4.78 is 5.42. The number of pyridine rings is 1. The average molecular weight is 489 g/mol. The molecule has 7 nitrogen and oxygen atoms in total. The molecule has 0 aliphatic carbocycles. The molecule has 1 aliphatic rings. The Kier molecular flexibility index (Phi) is 7.78. The topological polar surface area (TPSA) is 95.3 Å². The summed E-state index contributed by atoms with van der Waals surface area (Å²) in [4.78, 5) is 32.5. The van der Waals surface area contributed by atoms with Crippen LogP contribution in [0.15, 0.2) is 48.8 Å². The van der Waals surface area contributed by atoms with Crippen LogP contribution in [0.25, 0.3) is 0 Å². The molecule has 0 radical (unpaired) electrons. The predicted molar refractivity (Wildman–Crippen MR) is 135 cm³/mol. The lowest BCUT2D eigenvalue weighted by Gasteiger charge is -2.27. The van der Waals surface area contributed by atoms with Crippen LogP contribution in [0.5, 0.6) is 5.75 Å². The van der Waals surface area contributed by atoms with Gasteiger partial charge in [0.05, 0.1) is 19.2 Å². The predicted octanol–water partition coefficient (Wildman–Crippen LogP) is 4.67. The lowest BCUT2D eigenvalue weighted by molar-refractivity contribution is -0.132. The maximum absolute atomic E-state index is 12.8. The molecule has 2 aromatic heterocycles. The van der Waals surface area contributed by atoms with E-state index in [0.29, 0.717) is 42.9 Å². The Morgan fingerprint density at radius 3 is 2.86 bits per heavy atom. The maximum atomic E-state index is 12.8. The van der Waals surface area contributed by atoms with E-state index in [4.69, 9.17) is 4.74 Å². The Morgan fingerprint density at radius 1 is 1.29 bits per heavy atom. The van der Waals surface area contributed by atoms with Crippen LogP contribution in [0.3, 0.4) is 0 Å². The van der Waals surface area contributed by atoms with E-state index in [9.17, 15) is 14.9 Å². The zero-order valence-electron chi connectivity index (χ0n) is 19.9. The number of ether oxygens (including phenoxy) is 1. The number of aromatic nitrogens is 1. The fourth-order valence-corrected chi connectivity index (χ4v) is 5.65. The number of rotatable bonds is 8. The fourth-order valence-electron chi connectivity index (χ4n) is 4.42. The third-order valence-electron chi connectivity index (χ3n) is 6.29. The summed E-state index contributed by atoms with van der Waals surface area (Å²) in [5.41, 5.74) is 3.47. The van der Waals surface area contributed by atoms with Gasteiger partial charge in [-0.1, -0.05) is 31.2 Å². The van der Waals surface area contributed by atoms with Gasteiger partial charge in [-0.25, -0.2) is 0 Å². The zero-order valence-corrected chi connectivity index (χ0v) is 20.7. The SMILES string of the molecule is COc1ccccc1[C@@H](C)CC(=O)Nc1sc2c(c1C#N)CCN(C(=O)CCc1cccnc1)C2. The summed E-state index contributed by atoms with van der Waals surface area (Å²) >= 11 is 1.40. The molecule has 1 atom stereocenters. The van der Waals surface area contributed by atoms with E-state index in [1.807, 2.05) is 48.2 Å². The number of nitriles is 1. The number of hydrogen-bond acceptors (Lipinski definition) is 6. The second-order valence-electron chi connectivity index (χ2n) is 8.64. The first kappa shape index (κ1) is 24.4. The van der Waals surface area contributed by atoms with Gasteiger partial charge in [0.15, 0.2) is 0 Å². The number of anilines is 1. The standard InChI is InChI=1S/C27H28N4O3S/c1-18(20-7-3-4-8-23(20)34-2)14-25(32)30-27-22(15-28)21-11-13-31(17-24(21)35-27)26(33)10-9-19-6-5-12-29-16-19/h3-8,12,16,18H,9-11,13-14,17H2,1-2H3,(H,30,32)/t18-/m0/s1. The fraction of sp³-hybridized carbons (Fsp3) is 0.333. The molecule has 2 amide bonds. The molecule has 3 aromatic rings. The molecule has 0 saturated heterocycles. The van der Waals surface area contributed by atoms with Crippen LogP contribution in [0.2, 0.25) is 0 Å². The summed E-state index contributed by atoms with van der Waals surface area (Å²) in [7, 11) is 1.62. The second kappa shape index (κ2) is 11.2. The number of nitrogens with zero attached hydrogens (tertiary/aromatic N) is 3. The molecule has 1 aliphatic heterocycles. The van der Waals surface area contributed by atoms with Gasteiger partial charge in [-0.05, 0) is 47.6 Å². The molecular weight excluding hydrogens is 460 g/mol. The molecule has 1 N–H and O–H groups in total. The van der Waals surface area contributed by atoms with Crippen molar-refractivity contribution in [3.63, 3.8) is 0 Å². The van der Waals surface area contributed by atoms with Gasteiger partial charge in [-0.2, -0.15) is 5.26 Å². The molecule has 8 heteroatoms. The highest BCUT2D eigenvalue weighted by Crippen LogP contribution is 2.37. The van der Waals surface area contributed by atoms with Gasteiger partial charge in [0, 0.05) is 36.7 Å². The quantitative estimate of drug-likeness (QED) is 0.497. The molecule has 0 spiro atoms. The zero-order chi connectivity index (χ0) is 24.8. The van der Waals surface area contributed by atoms with Gasteiger partial charge in [-0.3, -0.25) is 14.6 Å². The van der Waals surface area contributed by atoms with Gasteiger partial charge < -0.3 is 15.0 Å². The van der Waals surface area contributed by atoms with Crippen molar-refractivity contribution in [2.45, 2.75) is 45.1 Å². The van der Waals surface area contributed by atoms with Crippen LogP contribution < -0.4 is 10.1 Å². The number of thiophene rings is 1. The Morgan fingerprint density at radius 2 is 2.11 bits per heavy atom. The third-order valence-corrected chi connectivity index (χ3v) is 7.42. The monoisotopic (exact) mass is 488 g/mol. The molecule has 3 heterocycles. The highest BCUT2D eigenvalue weighted by Gasteiger charge is 2.27. The molecular formula is C27H28N4O3S. The third kappa shape index (κ3) is 5.69. The van der Waals surface area contributed by atoms with Crippen molar-refractivity contribution in [3.8, 4) is 11.8 Å². The largest absolute Gasteiger partial charge is 0.496 e. The number of methoxy groups -OCH3 is 1. The van der Waals surface area contributed by atoms with Crippen LogP contribution in [-0.2, 0) is 29.0 Å². The van der Waals surface area contributed by atoms with Crippen molar-refractivity contribution in [2.24, 2.45) is 0 Å². The van der Waals surface area contributed by atoms with Gasteiger partial charge in [0.1, 0.15) is 16.8 Å². The van der Waals surface area contributed by atoms with E-state index >= 15 is 0 Å². The number of para-hydroxylation sites is 1. The van der Waals surface area contributed by atoms with Gasteiger partial charge >= 0.3 is 0 Å². The van der Waals surface area contributed by atoms with Crippen LogP contribution in [-0.4, -0.2) is 35.4 Å². The molecule has 35 heavy (non-hydrogen) atoms. The number of fused-ring (bicyclic) bond motifs is 1. The van der Waals surface area contributed by atoms with Crippen molar-refractivity contribution in [2.75, 3.05) is 19.0 Å². The van der Waals surface area contributed by atoms with Crippen molar-refractivity contribution in [3.05, 3.63) is 75.9 Å². The van der Waals surface area contributed by atoms with E-state index in [0.717, 1.165) is 27.3 Å². The number of hydrogen-bond donors (Lipinski definition) is 1. The van der Waals surface area contributed by atoms with Crippen molar-refractivity contribution < 1.29 is 14.3 Å². The van der Waals surface area contributed by atoms with E-state index in [-0.39, 0.29) is 24.2 Å². The van der Waals surface area contributed by atoms with E-state index in [1.54, 1.807) is 19.5 Å². The van der Waals surface area contributed by atoms with Gasteiger partial charge in [0.2, 0.25) is 11.8 Å². The first-order valence-electron chi connectivity index (χ1n) is 11.6. The van der Waals surface area contributed by atoms with E-state index < -0.39 is 0 Å². The molecule has 180 valence electrons. The smallest absolute Gasteiger partial charge is 0.225 e. The lowest BCUT2D eigenvalue weighted by Crippen LogP contribution is -2.35. The molecule has 0 unspecified atom stereocenters. The van der Waals surface area contributed by atoms with Gasteiger partial charge in [-0.15, -0.1) is 11.3 Å². The minimum atomic E-state index is -0.150. The maximum Gasteiger partial charge on any atom is 0.225 e.